The highest BCUT2D eigenvalue weighted by Gasteiger charge is 2.41. The lowest BCUT2D eigenvalue weighted by atomic mass is 10.1. The number of carbonyl (C=O) groups is 1. The van der Waals surface area contributed by atoms with Crippen LogP contribution < -0.4 is 0 Å². The van der Waals surface area contributed by atoms with Crippen LogP contribution in [0.4, 0.5) is 0 Å². The number of esters is 1. The average molecular weight is 212 g/mol. The van der Waals surface area contributed by atoms with Crippen molar-refractivity contribution in [1.82, 2.24) is 0 Å². The molecule has 0 unspecified atom stereocenters. The van der Waals surface area contributed by atoms with Gasteiger partial charge in [-0.3, -0.25) is 4.79 Å². The zero-order chi connectivity index (χ0) is 11.5. The van der Waals surface area contributed by atoms with E-state index in [0.29, 0.717) is 0 Å². The fraction of sp³-hybridized carbons (Fsp3) is 0.727. The molecule has 0 amide bonds. The minimum atomic E-state index is -0.948. The number of carbonyl (C=O) groups excluding carboxylic acids is 1. The highest BCUT2D eigenvalue weighted by atomic mass is 16.7. The van der Waals surface area contributed by atoms with E-state index >= 15 is 0 Å². The molecular formula is C11H16O4. The maximum Gasteiger partial charge on any atom is 0.304 e. The van der Waals surface area contributed by atoms with Crippen molar-refractivity contribution in [3.8, 4) is 11.8 Å². The second kappa shape index (κ2) is 4.21. The predicted octanol–water partition coefficient (Wildman–Crippen LogP) is 1.09. The first-order valence-corrected chi connectivity index (χ1v) is 4.81. The molecular weight excluding hydrogens is 196 g/mol. The van der Waals surface area contributed by atoms with Gasteiger partial charge in [0.05, 0.1) is 0 Å². The van der Waals surface area contributed by atoms with Gasteiger partial charge in [-0.25, -0.2) is 0 Å². The number of rotatable bonds is 1. The van der Waals surface area contributed by atoms with Crippen molar-refractivity contribution in [3.05, 3.63) is 0 Å². The first kappa shape index (κ1) is 12.0. The third-order valence-corrected chi connectivity index (χ3v) is 2.00. The summed E-state index contributed by atoms with van der Waals surface area (Å²) in [5.41, 5.74) is -0.948. The van der Waals surface area contributed by atoms with Crippen LogP contribution in [0.2, 0.25) is 0 Å². The summed E-state index contributed by atoms with van der Waals surface area (Å²) in [6.07, 6.45) is 0. The third kappa shape index (κ3) is 3.22. The Morgan fingerprint density at radius 3 is 2.27 bits per heavy atom. The maximum absolute atomic E-state index is 11.0. The highest BCUT2D eigenvalue weighted by Crippen LogP contribution is 2.25. The summed E-state index contributed by atoms with van der Waals surface area (Å²) in [6, 6.07) is 0. The topological polar surface area (TPSA) is 44.8 Å². The van der Waals surface area contributed by atoms with E-state index in [1.807, 2.05) is 13.8 Å². The summed E-state index contributed by atoms with van der Waals surface area (Å²) in [5, 5.41) is 0. The van der Waals surface area contributed by atoms with Crippen LogP contribution in [0.25, 0.3) is 0 Å². The molecule has 0 atom stereocenters. The molecule has 1 saturated heterocycles. The molecule has 1 heterocycles. The molecule has 1 fully saturated rings. The molecule has 0 N–H and O–H groups in total. The Kier molecular flexibility index (Phi) is 3.38. The van der Waals surface area contributed by atoms with Crippen LogP contribution in [0, 0.1) is 11.8 Å². The van der Waals surface area contributed by atoms with Crippen LogP contribution >= 0.6 is 0 Å². The van der Waals surface area contributed by atoms with Gasteiger partial charge in [-0.2, -0.15) is 0 Å². The first-order valence-electron chi connectivity index (χ1n) is 4.81. The van der Waals surface area contributed by atoms with Crippen molar-refractivity contribution in [3.63, 3.8) is 0 Å². The summed E-state index contributed by atoms with van der Waals surface area (Å²) in [6.45, 7) is 7.12. The zero-order valence-corrected chi connectivity index (χ0v) is 9.55. The van der Waals surface area contributed by atoms with Crippen molar-refractivity contribution >= 4 is 5.97 Å². The number of hydrogen-bond acceptors (Lipinski definition) is 4. The maximum atomic E-state index is 11.0. The Bertz CT molecular complexity index is 298. The van der Waals surface area contributed by atoms with Crippen LogP contribution in [0.15, 0.2) is 0 Å². The van der Waals surface area contributed by atoms with E-state index in [-0.39, 0.29) is 19.2 Å². The van der Waals surface area contributed by atoms with Crippen LogP contribution in [0.3, 0.4) is 0 Å². The monoisotopic (exact) mass is 212 g/mol. The lowest BCUT2D eigenvalue weighted by molar-refractivity contribution is -0.291. The smallest absolute Gasteiger partial charge is 0.304 e. The molecule has 0 aliphatic carbocycles. The van der Waals surface area contributed by atoms with E-state index in [2.05, 4.69) is 11.8 Å². The Morgan fingerprint density at radius 2 is 1.87 bits per heavy atom. The van der Waals surface area contributed by atoms with Crippen molar-refractivity contribution in [2.75, 3.05) is 13.2 Å². The van der Waals surface area contributed by atoms with Gasteiger partial charge in [0.1, 0.15) is 13.2 Å². The quantitative estimate of drug-likeness (QED) is 0.482. The van der Waals surface area contributed by atoms with Gasteiger partial charge in [-0.15, -0.1) is 5.92 Å². The van der Waals surface area contributed by atoms with Gasteiger partial charge >= 0.3 is 5.97 Å². The Hall–Kier alpha value is -1.05. The van der Waals surface area contributed by atoms with Crippen LogP contribution in [-0.4, -0.2) is 30.6 Å². The molecule has 1 aliphatic heterocycles. The lowest BCUT2D eigenvalue weighted by Gasteiger charge is -2.39. The molecule has 0 aromatic rings. The van der Waals surface area contributed by atoms with E-state index < -0.39 is 11.4 Å². The molecule has 4 heteroatoms. The second-order valence-electron chi connectivity index (χ2n) is 3.94. The number of hydrogen-bond donors (Lipinski definition) is 0. The molecule has 0 radical (unpaired) electrons. The van der Waals surface area contributed by atoms with Gasteiger partial charge < -0.3 is 14.2 Å². The highest BCUT2D eigenvalue weighted by molar-refractivity contribution is 5.67. The standard InChI is InChI=1S/C11H16O4/c1-5-6-11(15-9(2)12)7-13-10(3,4)14-8-11/h7-8H2,1-4H3. The Labute approximate surface area is 89.9 Å². The Balaban J connectivity index is 2.76. The van der Waals surface area contributed by atoms with Gasteiger partial charge in [0.2, 0.25) is 5.60 Å². The predicted molar refractivity (Wildman–Crippen MR) is 53.9 cm³/mol. The largest absolute Gasteiger partial charge is 0.441 e. The molecule has 1 rings (SSSR count). The Morgan fingerprint density at radius 1 is 1.33 bits per heavy atom. The van der Waals surface area contributed by atoms with Crippen LogP contribution in [0.1, 0.15) is 27.7 Å². The number of ether oxygens (including phenoxy) is 3. The molecule has 0 bridgehead atoms. The molecule has 4 nitrogen and oxygen atoms in total. The third-order valence-electron chi connectivity index (χ3n) is 2.00. The molecule has 15 heavy (non-hydrogen) atoms. The summed E-state index contributed by atoms with van der Waals surface area (Å²) < 4.78 is 16.0. The summed E-state index contributed by atoms with van der Waals surface area (Å²) in [7, 11) is 0. The fourth-order valence-corrected chi connectivity index (χ4v) is 1.32. The van der Waals surface area contributed by atoms with Gasteiger partial charge in [0, 0.05) is 6.92 Å². The lowest BCUT2D eigenvalue weighted by Crippen LogP contribution is -2.52. The van der Waals surface area contributed by atoms with Gasteiger partial charge in [0.25, 0.3) is 0 Å². The molecule has 0 spiro atoms. The SMILES string of the molecule is CC#CC1(OC(C)=O)COC(C)(C)OC1. The minimum absolute atomic E-state index is 0.237. The summed E-state index contributed by atoms with van der Waals surface area (Å²) in [5.74, 6) is 4.52. The van der Waals surface area contributed by atoms with Gasteiger partial charge in [0.15, 0.2) is 5.79 Å². The van der Waals surface area contributed by atoms with Gasteiger partial charge in [-0.1, -0.05) is 5.92 Å². The van der Waals surface area contributed by atoms with E-state index in [1.54, 1.807) is 6.92 Å². The fourth-order valence-electron chi connectivity index (χ4n) is 1.32. The van der Waals surface area contributed by atoms with E-state index in [1.165, 1.54) is 6.92 Å². The van der Waals surface area contributed by atoms with E-state index in [9.17, 15) is 4.79 Å². The normalized spacial score (nSPS) is 22.4. The molecule has 84 valence electrons. The molecule has 0 aromatic heterocycles. The summed E-state index contributed by atoms with van der Waals surface area (Å²) >= 11 is 0. The van der Waals surface area contributed by atoms with Crippen molar-refractivity contribution in [1.29, 1.82) is 0 Å². The molecule has 0 saturated carbocycles. The zero-order valence-electron chi connectivity index (χ0n) is 9.55. The van der Waals surface area contributed by atoms with Gasteiger partial charge in [-0.05, 0) is 20.8 Å². The molecule has 0 aromatic carbocycles. The van der Waals surface area contributed by atoms with Crippen molar-refractivity contribution < 1.29 is 19.0 Å². The van der Waals surface area contributed by atoms with E-state index in [0.717, 1.165) is 0 Å². The average Bonchev–Trinajstić information content (AvgIpc) is 2.10. The van der Waals surface area contributed by atoms with Crippen molar-refractivity contribution in [2.45, 2.75) is 39.1 Å². The van der Waals surface area contributed by atoms with Crippen LogP contribution in [-0.2, 0) is 19.0 Å². The van der Waals surface area contributed by atoms with Crippen LogP contribution in [0.5, 0.6) is 0 Å². The molecule has 1 aliphatic rings. The minimum Gasteiger partial charge on any atom is -0.441 e. The van der Waals surface area contributed by atoms with Crippen molar-refractivity contribution in [2.24, 2.45) is 0 Å². The second-order valence-corrected chi connectivity index (χ2v) is 3.94. The summed E-state index contributed by atoms with van der Waals surface area (Å²) in [4.78, 5) is 11.0. The first-order chi connectivity index (χ1) is 6.89. The van der Waals surface area contributed by atoms with E-state index in [4.69, 9.17) is 14.2 Å².